The molecular weight excluding hydrogens is 236 g/mol. The van der Waals surface area contributed by atoms with Crippen molar-refractivity contribution in [2.45, 2.75) is 38.5 Å². The molecule has 0 unspecified atom stereocenters. The molecule has 17 heavy (non-hydrogen) atoms. The molecule has 0 aliphatic rings. The number of hydrogen-bond donors (Lipinski definition) is 1. The van der Waals surface area contributed by atoms with Crippen molar-refractivity contribution >= 4 is 0 Å². The van der Waals surface area contributed by atoms with Gasteiger partial charge in [-0.1, -0.05) is 13.3 Å². The predicted octanol–water partition coefficient (Wildman–Crippen LogP) is 3.55. The second kappa shape index (κ2) is 5.49. The minimum atomic E-state index is -4.49. The Hall–Kier alpha value is -1.10. The highest BCUT2D eigenvalue weighted by Gasteiger charge is 2.31. The van der Waals surface area contributed by atoms with Crippen molar-refractivity contribution in [1.29, 1.82) is 0 Å². The Morgan fingerprint density at radius 1 is 1.29 bits per heavy atom. The number of aliphatic hydroxyl groups excluding tert-OH is 1. The van der Waals surface area contributed by atoms with Crippen LogP contribution in [0.3, 0.4) is 0 Å². The smallest absolute Gasteiger partial charge is 0.393 e. The summed E-state index contributed by atoms with van der Waals surface area (Å²) in [6.45, 7) is 1.84. The molecule has 0 heterocycles. The molecule has 0 saturated carbocycles. The van der Waals surface area contributed by atoms with Crippen molar-refractivity contribution < 1.29 is 22.7 Å². The van der Waals surface area contributed by atoms with E-state index in [9.17, 15) is 22.7 Å². The fourth-order valence-corrected chi connectivity index (χ4v) is 1.60. The third kappa shape index (κ3) is 4.00. The quantitative estimate of drug-likeness (QED) is 0.810. The zero-order valence-corrected chi connectivity index (χ0v) is 9.39. The van der Waals surface area contributed by atoms with Crippen molar-refractivity contribution in [3.05, 3.63) is 35.1 Å². The van der Waals surface area contributed by atoms with E-state index < -0.39 is 23.7 Å². The zero-order valence-electron chi connectivity index (χ0n) is 9.39. The van der Waals surface area contributed by atoms with Gasteiger partial charge in [-0.15, -0.1) is 0 Å². The average Bonchev–Trinajstić information content (AvgIpc) is 2.20. The van der Waals surface area contributed by atoms with Crippen LogP contribution in [-0.4, -0.2) is 11.2 Å². The van der Waals surface area contributed by atoms with Crippen LogP contribution in [0, 0.1) is 5.82 Å². The molecule has 1 aromatic carbocycles. The number of halogens is 4. The van der Waals surface area contributed by atoms with E-state index in [4.69, 9.17) is 0 Å². The summed E-state index contributed by atoms with van der Waals surface area (Å²) >= 11 is 0. The molecule has 0 amide bonds. The largest absolute Gasteiger partial charge is 0.416 e. The lowest BCUT2D eigenvalue weighted by molar-refractivity contribution is -0.137. The predicted molar refractivity (Wildman–Crippen MR) is 56.0 cm³/mol. The van der Waals surface area contributed by atoms with Crippen molar-refractivity contribution in [2.75, 3.05) is 0 Å². The van der Waals surface area contributed by atoms with E-state index in [0.717, 1.165) is 12.1 Å². The summed E-state index contributed by atoms with van der Waals surface area (Å²) < 4.78 is 50.5. The molecule has 96 valence electrons. The maximum atomic E-state index is 13.3. The number of rotatable bonds is 4. The molecule has 1 N–H and O–H groups in total. The van der Waals surface area contributed by atoms with Gasteiger partial charge in [-0.25, -0.2) is 4.39 Å². The highest BCUT2D eigenvalue weighted by Crippen LogP contribution is 2.30. The van der Waals surface area contributed by atoms with Gasteiger partial charge < -0.3 is 5.11 Å². The van der Waals surface area contributed by atoms with Crippen LogP contribution in [0.1, 0.15) is 30.9 Å². The summed E-state index contributed by atoms with van der Waals surface area (Å²) in [5.41, 5.74) is -0.988. The van der Waals surface area contributed by atoms with Gasteiger partial charge >= 0.3 is 6.18 Å². The molecule has 0 bridgehead atoms. The van der Waals surface area contributed by atoms with Gasteiger partial charge in [0.25, 0.3) is 0 Å². The lowest BCUT2D eigenvalue weighted by atomic mass is 10.0. The molecule has 0 saturated heterocycles. The van der Waals surface area contributed by atoms with E-state index >= 15 is 0 Å². The average molecular weight is 250 g/mol. The van der Waals surface area contributed by atoms with Crippen molar-refractivity contribution in [1.82, 2.24) is 0 Å². The molecule has 0 aliphatic carbocycles. The van der Waals surface area contributed by atoms with Crippen LogP contribution in [0.25, 0.3) is 0 Å². The van der Waals surface area contributed by atoms with Gasteiger partial charge in [-0.3, -0.25) is 0 Å². The van der Waals surface area contributed by atoms with Gasteiger partial charge in [-0.2, -0.15) is 13.2 Å². The Balaban J connectivity index is 2.91. The Morgan fingerprint density at radius 2 is 1.94 bits per heavy atom. The summed E-state index contributed by atoms with van der Waals surface area (Å²) in [6.07, 6.45) is -4.25. The normalized spacial score (nSPS) is 13.8. The first kappa shape index (κ1) is 14.0. The first-order valence-corrected chi connectivity index (χ1v) is 5.38. The maximum Gasteiger partial charge on any atom is 0.416 e. The van der Waals surface area contributed by atoms with E-state index in [1.54, 1.807) is 0 Å². The third-order valence-electron chi connectivity index (χ3n) is 2.45. The fraction of sp³-hybridized carbons (Fsp3) is 0.500. The second-order valence-electron chi connectivity index (χ2n) is 3.95. The molecule has 1 rings (SSSR count). The summed E-state index contributed by atoms with van der Waals surface area (Å²) in [7, 11) is 0. The second-order valence-corrected chi connectivity index (χ2v) is 3.95. The van der Waals surface area contributed by atoms with Crippen LogP contribution in [0.15, 0.2) is 18.2 Å². The van der Waals surface area contributed by atoms with Gasteiger partial charge in [-0.05, 0) is 30.2 Å². The zero-order chi connectivity index (χ0) is 13.1. The molecule has 0 radical (unpaired) electrons. The molecule has 0 aromatic heterocycles. The molecule has 0 aliphatic heterocycles. The van der Waals surface area contributed by atoms with Crippen LogP contribution >= 0.6 is 0 Å². The molecule has 5 heteroatoms. The maximum absolute atomic E-state index is 13.3. The van der Waals surface area contributed by atoms with Crippen LogP contribution in [0.4, 0.5) is 17.6 Å². The standard InChI is InChI=1S/C12H14F4O/c1-2-3-10(17)7-8-6-9(12(14,15)16)4-5-11(8)13/h4-6,10,17H,2-3,7H2,1H3/t10-/m0/s1. The summed E-state index contributed by atoms with van der Waals surface area (Å²) in [5.74, 6) is -0.715. The SMILES string of the molecule is CCC[C@H](O)Cc1cc(C(F)(F)F)ccc1F. The molecule has 0 spiro atoms. The number of hydrogen-bond acceptors (Lipinski definition) is 1. The van der Waals surface area contributed by atoms with Crippen LogP contribution in [0.2, 0.25) is 0 Å². The Labute approximate surface area is 97.1 Å². The third-order valence-corrected chi connectivity index (χ3v) is 2.45. The molecule has 1 nitrogen and oxygen atoms in total. The highest BCUT2D eigenvalue weighted by molar-refractivity contribution is 5.27. The van der Waals surface area contributed by atoms with Crippen molar-refractivity contribution in [3.8, 4) is 0 Å². The van der Waals surface area contributed by atoms with Gasteiger partial charge in [0.05, 0.1) is 11.7 Å². The van der Waals surface area contributed by atoms with E-state index in [1.165, 1.54) is 0 Å². The molecule has 0 fully saturated rings. The Morgan fingerprint density at radius 3 is 2.47 bits per heavy atom. The van der Waals surface area contributed by atoms with E-state index in [1.807, 2.05) is 6.92 Å². The minimum Gasteiger partial charge on any atom is -0.393 e. The number of alkyl halides is 3. The molecule has 1 atom stereocenters. The summed E-state index contributed by atoms with van der Waals surface area (Å²) in [5, 5.41) is 9.47. The van der Waals surface area contributed by atoms with Gasteiger partial charge in [0.1, 0.15) is 5.82 Å². The fourth-order valence-electron chi connectivity index (χ4n) is 1.60. The molecular formula is C12H14F4O. The van der Waals surface area contributed by atoms with Gasteiger partial charge in [0.15, 0.2) is 0 Å². The lowest BCUT2D eigenvalue weighted by Crippen LogP contribution is -2.13. The highest BCUT2D eigenvalue weighted by atomic mass is 19.4. The van der Waals surface area contributed by atoms with Crippen molar-refractivity contribution in [3.63, 3.8) is 0 Å². The van der Waals surface area contributed by atoms with E-state index in [0.29, 0.717) is 18.9 Å². The minimum absolute atomic E-state index is 0.0937. The lowest BCUT2D eigenvalue weighted by Gasteiger charge is -2.12. The van der Waals surface area contributed by atoms with Gasteiger partial charge in [0.2, 0.25) is 0 Å². The molecule has 1 aromatic rings. The summed E-state index contributed by atoms with van der Waals surface area (Å²) in [4.78, 5) is 0. The number of benzene rings is 1. The Bertz CT molecular complexity index is 373. The summed E-state index contributed by atoms with van der Waals surface area (Å²) in [6, 6.07) is 2.25. The number of aliphatic hydroxyl groups is 1. The van der Waals surface area contributed by atoms with E-state index in [2.05, 4.69) is 0 Å². The topological polar surface area (TPSA) is 20.2 Å². The van der Waals surface area contributed by atoms with Crippen molar-refractivity contribution in [2.24, 2.45) is 0 Å². The Kier molecular flexibility index (Phi) is 4.51. The van der Waals surface area contributed by atoms with E-state index in [-0.39, 0.29) is 12.0 Å². The van der Waals surface area contributed by atoms with Crippen LogP contribution < -0.4 is 0 Å². The van der Waals surface area contributed by atoms with Gasteiger partial charge in [0, 0.05) is 6.42 Å². The van der Waals surface area contributed by atoms with Crippen LogP contribution in [-0.2, 0) is 12.6 Å². The van der Waals surface area contributed by atoms with Crippen LogP contribution in [0.5, 0.6) is 0 Å². The monoisotopic (exact) mass is 250 g/mol. The first-order chi connectivity index (χ1) is 7.84. The first-order valence-electron chi connectivity index (χ1n) is 5.38.